The third-order valence-corrected chi connectivity index (χ3v) is 11.5. The summed E-state index contributed by atoms with van der Waals surface area (Å²) in [5.74, 6) is -4.75. The molecule has 568 valence electrons. The number of carbonyl (C=O) groups excluding carboxylic acids is 5. The number of nitro benzene ring substituents is 5. The number of carboxylic acids is 2. The number of non-ortho nitro benzene ring substituents is 5. The number of carbonyl (C=O) groups is 7. The molecule has 0 saturated heterocycles. The zero-order valence-electron chi connectivity index (χ0n) is 59.6. The summed E-state index contributed by atoms with van der Waals surface area (Å²) in [7, 11) is 8.99. The van der Waals surface area contributed by atoms with Gasteiger partial charge in [-0.15, -0.1) is 0 Å². The zero-order valence-corrected chi connectivity index (χ0v) is 58.6. The molecule has 36 nitrogen and oxygen atoms in total. The molecule has 6 aromatic rings. The molecule has 0 aliphatic carbocycles. The number of cyclic esters (lactones) is 1. The van der Waals surface area contributed by atoms with Crippen molar-refractivity contribution in [2.75, 3.05) is 69.8 Å². The fourth-order valence-corrected chi connectivity index (χ4v) is 6.51. The number of hydrogen-bond acceptors (Lipinski definition) is 29. The number of halogens is 1. The number of aliphatic imine (C=N–C) groups is 1. The van der Waals surface area contributed by atoms with E-state index >= 15 is 0 Å². The van der Waals surface area contributed by atoms with E-state index in [1.807, 2.05) is 26.0 Å². The first-order chi connectivity index (χ1) is 50.3. The SMILES string of the molecule is CC.CC1=N/C(=C\c2ccc([N+](=O)[O-])cc2)C(=O)O1.CCC(=O)O.CO.CO.COC(=O)/C(=C/c1ccc([N+](=O)[O-])cc1)OC.COC(=O)/C(=C/c1ccc([N+](=O)[O-])cc1)OC.COC(=O)C(Cc1ccc(N)cc1)OC.O=C(O)/C(O)=C/c1ccc([N+](=O)[O-])cc1.O=Cc1ccc([N+](=O)[O-])cc1.[2H]CF. The van der Waals surface area contributed by atoms with Crippen LogP contribution in [0.1, 0.15) is 73.7 Å². The van der Waals surface area contributed by atoms with Gasteiger partial charge in [0.05, 0.1) is 68.7 Å². The van der Waals surface area contributed by atoms with Crippen LogP contribution < -0.4 is 5.73 Å². The van der Waals surface area contributed by atoms with Gasteiger partial charge in [-0.1, -0.05) is 32.9 Å². The second kappa shape index (κ2) is 57.2. The molecule has 7 rings (SSSR count). The van der Waals surface area contributed by atoms with Crippen LogP contribution in [0.5, 0.6) is 0 Å². The number of aldehydes is 1. The summed E-state index contributed by atoms with van der Waals surface area (Å²) < 4.78 is 48.6. The Morgan fingerprint density at radius 3 is 1.09 bits per heavy atom. The molecular formula is C68H80FN7O29. The number of alkyl halides is 1. The maximum Gasteiger partial charge on any atom is 0.373 e. The van der Waals surface area contributed by atoms with Gasteiger partial charge in [-0.2, -0.15) is 0 Å². The highest BCUT2D eigenvalue weighted by molar-refractivity contribution is 6.06. The van der Waals surface area contributed by atoms with Crippen LogP contribution in [0.3, 0.4) is 0 Å². The molecule has 6 aromatic carbocycles. The summed E-state index contributed by atoms with van der Waals surface area (Å²) in [5, 5.41) is 90.7. The molecular weight excluding hydrogens is 1400 g/mol. The lowest BCUT2D eigenvalue weighted by atomic mass is 10.1. The van der Waals surface area contributed by atoms with Crippen molar-refractivity contribution < 1.29 is 123 Å². The van der Waals surface area contributed by atoms with Crippen molar-refractivity contribution in [2.24, 2.45) is 4.99 Å². The van der Waals surface area contributed by atoms with Crippen LogP contribution in [0.4, 0.5) is 38.5 Å². The van der Waals surface area contributed by atoms with Crippen molar-refractivity contribution in [3.8, 4) is 0 Å². The number of benzene rings is 6. The van der Waals surface area contributed by atoms with E-state index in [1.165, 1.54) is 170 Å². The highest BCUT2D eigenvalue weighted by atomic mass is 19.1. The number of aliphatic hydroxyl groups is 3. The fourth-order valence-electron chi connectivity index (χ4n) is 6.51. The highest BCUT2D eigenvalue weighted by Gasteiger charge is 2.21. The monoisotopic (exact) mass is 1480 g/mol. The smallest absolute Gasteiger partial charge is 0.373 e. The van der Waals surface area contributed by atoms with Crippen molar-refractivity contribution in [2.45, 2.75) is 46.6 Å². The molecule has 1 aliphatic rings. The molecule has 37 heteroatoms. The number of anilines is 1. The van der Waals surface area contributed by atoms with Gasteiger partial charge < -0.3 is 64.4 Å². The van der Waals surface area contributed by atoms with Crippen LogP contribution in [0.2, 0.25) is 0 Å². The predicted octanol–water partition coefficient (Wildman–Crippen LogP) is 10.7. The number of nitrogens with two attached hydrogens (primary N) is 1. The van der Waals surface area contributed by atoms with Gasteiger partial charge in [0.1, 0.15) is 6.29 Å². The molecule has 0 aromatic heterocycles. The number of ether oxygens (including phenoxy) is 7. The average molecular weight is 1480 g/mol. The van der Waals surface area contributed by atoms with Gasteiger partial charge in [-0.3, -0.25) is 64.6 Å². The molecule has 1 unspecified atom stereocenters. The number of nitro groups is 5. The van der Waals surface area contributed by atoms with Crippen LogP contribution in [-0.2, 0) is 68.3 Å². The molecule has 0 bridgehead atoms. The van der Waals surface area contributed by atoms with Gasteiger partial charge >= 0.3 is 35.8 Å². The number of rotatable bonds is 20. The van der Waals surface area contributed by atoms with Crippen LogP contribution in [-0.4, -0.2) is 168 Å². The predicted molar refractivity (Wildman–Crippen MR) is 380 cm³/mol. The summed E-state index contributed by atoms with van der Waals surface area (Å²) in [4.78, 5) is 128. The first-order valence-electron chi connectivity index (χ1n) is 29.9. The molecule has 7 N–H and O–H groups in total. The Morgan fingerprint density at radius 2 is 0.848 bits per heavy atom. The highest BCUT2D eigenvalue weighted by Crippen LogP contribution is 2.21. The Labute approximate surface area is 601 Å². The van der Waals surface area contributed by atoms with E-state index in [0.29, 0.717) is 52.1 Å². The topological polar surface area (TPSA) is 539 Å². The molecule has 1 atom stereocenters. The Bertz CT molecular complexity index is 3800. The minimum absolute atomic E-state index is 0.000769. The van der Waals surface area contributed by atoms with Crippen LogP contribution in [0.25, 0.3) is 24.3 Å². The second-order valence-electron chi connectivity index (χ2n) is 18.1. The van der Waals surface area contributed by atoms with Gasteiger partial charge in [0.25, 0.3) is 28.4 Å². The van der Waals surface area contributed by atoms with E-state index < -0.39 is 73.5 Å². The van der Waals surface area contributed by atoms with Crippen molar-refractivity contribution in [1.82, 2.24) is 0 Å². The number of nitrogen functional groups attached to an aromatic ring is 1. The third-order valence-electron chi connectivity index (χ3n) is 11.5. The quantitative estimate of drug-likeness (QED) is 0.00604. The average Bonchev–Trinajstić information content (AvgIpc) is 1.78. The van der Waals surface area contributed by atoms with Gasteiger partial charge in [-0.05, 0) is 125 Å². The molecule has 105 heavy (non-hydrogen) atoms. The number of hydrogen-bond donors (Lipinski definition) is 6. The van der Waals surface area contributed by atoms with Crippen molar-refractivity contribution in [1.29, 1.82) is 0 Å². The minimum Gasteiger partial charge on any atom is -0.502 e. The minimum atomic E-state index is -1.45. The lowest BCUT2D eigenvalue weighted by Gasteiger charge is -2.12. The molecule has 0 spiro atoms. The Morgan fingerprint density at radius 1 is 0.543 bits per heavy atom. The first kappa shape index (κ1) is 95.6. The maximum atomic E-state index is 11.3. The van der Waals surface area contributed by atoms with Crippen LogP contribution in [0.15, 0.2) is 174 Å². The van der Waals surface area contributed by atoms with E-state index in [0.717, 1.165) is 25.9 Å². The maximum absolute atomic E-state index is 11.3. The summed E-state index contributed by atoms with van der Waals surface area (Å²) in [6.45, 7) is 7.18. The lowest BCUT2D eigenvalue weighted by Crippen LogP contribution is -2.26. The van der Waals surface area contributed by atoms with Crippen LogP contribution >= 0.6 is 0 Å². The number of aliphatic hydroxyl groups excluding tert-OH is 3. The summed E-state index contributed by atoms with van der Waals surface area (Å²) in [6, 6.07) is 35.1. The van der Waals surface area contributed by atoms with Gasteiger partial charge in [0, 0.05) is 113 Å². The van der Waals surface area contributed by atoms with E-state index in [-0.39, 0.29) is 58.0 Å². The van der Waals surface area contributed by atoms with Gasteiger partial charge in [0.15, 0.2) is 17.7 Å². The Hall–Kier alpha value is -13.6. The number of carboxylic acid groups (broad SMARTS) is 2. The molecule has 0 fully saturated rings. The Kier molecular flexibility index (Phi) is 52.1. The summed E-state index contributed by atoms with van der Waals surface area (Å²) >= 11 is 0. The van der Waals surface area contributed by atoms with Crippen molar-refractivity contribution >= 4 is 106 Å². The van der Waals surface area contributed by atoms with Crippen molar-refractivity contribution in [3.63, 3.8) is 0 Å². The first-order valence-corrected chi connectivity index (χ1v) is 29.2. The zero-order chi connectivity index (χ0) is 82.0. The van der Waals surface area contributed by atoms with Gasteiger partial charge in [-0.25, -0.2) is 29.0 Å². The standard InChI is InChI=1S/C11H8N2O4.2C11H11NO5.C11H15NO3.C9H7NO5.C7H5NO3.C3H6O2.C2H6.CH3F.2CH4O/c1-7-12-10(11(14)17-7)6-8-2-4-9(5-3-8)13(15)16;2*1-16-10(11(13)17-2)7-8-3-5-9(6-4-8)12(14)15;1-14-10(11(13)15-2)7-8-3-5-9(12)6-4-8;11-8(9(12)13)5-6-1-3-7(4-2-6)10(14)15;9-5-6-1-3-7(4-2-6)8(10)11;1-2-3(4)5;4*1-2/h2-6H,1H3;2*3-7H,1-2H3;3-6,10H,7,12H2,1-2H3;1-5,11H,(H,12,13);1-5H;2H2,1H3,(H,4,5);1-2H3;1H3;2*2H,1H3/b10-6-;2*10-7-;;8-5-;;;;;;/i;;;;;;;;1D;;. The molecule has 1 aliphatic heterocycles. The van der Waals surface area contributed by atoms with Gasteiger partial charge in [0.2, 0.25) is 17.3 Å². The molecule has 0 radical (unpaired) electrons. The third kappa shape index (κ3) is 41.6. The lowest BCUT2D eigenvalue weighted by molar-refractivity contribution is -0.385. The summed E-state index contributed by atoms with van der Waals surface area (Å²) in [6.07, 6.45) is 6.20. The Balaban J connectivity index is -0.000000570. The molecule has 0 saturated carbocycles. The van der Waals surface area contributed by atoms with Crippen molar-refractivity contribution in [3.05, 3.63) is 253 Å². The number of aliphatic carboxylic acids is 2. The molecule has 0 amide bonds. The number of esters is 4. The van der Waals surface area contributed by atoms with E-state index in [9.17, 15) is 88.5 Å². The number of methoxy groups -OCH3 is 6. The normalized spacial score (nSPS) is 11.2. The summed E-state index contributed by atoms with van der Waals surface area (Å²) in [5.41, 5.74) is 9.99. The van der Waals surface area contributed by atoms with Crippen LogP contribution in [0, 0.1) is 50.6 Å². The second-order valence-corrected chi connectivity index (χ2v) is 18.1. The number of nitrogens with zero attached hydrogens (tertiary/aromatic N) is 6. The largest absolute Gasteiger partial charge is 0.502 e. The fraction of sp³-hybridized carbons (Fsp3) is 0.235. The van der Waals surface area contributed by atoms with E-state index in [4.69, 9.17) is 51.6 Å². The molecule has 1 heterocycles. The van der Waals surface area contributed by atoms with E-state index in [2.05, 4.69) is 19.2 Å². The van der Waals surface area contributed by atoms with E-state index in [1.54, 1.807) is 38.1 Å².